The molecule has 0 atom stereocenters. The molecule has 0 saturated carbocycles. The number of aryl methyl sites for hydroxylation is 1. The fourth-order valence-electron chi connectivity index (χ4n) is 2.29. The van der Waals surface area contributed by atoms with E-state index in [0.717, 1.165) is 21.8 Å². The second kappa shape index (κ2) is 3.73. The van der Waals surface area contributed by atoms with Crippen molar-refractivity contribution in [1.29, 1.82) is 0 Å². The smallest absolute Gasteiger partial charge is 0.110 e. The lowest BCUT2D eigenvalue weighted by atomic mass is 10.1. The lowest BCUT2D eigenvalue weighted by Gasteiger charge is -1.97. The number of nitroso groups, excluding NO2 is 2. The normalized spacial score (nSPS) is 10.9. The third-order valence-electron chi connectivity index (χ3n) is 3.19. The summed E-state index contributed by atoms with van der Waals surface area (Å²) in [5.41, 5.74) is 2.60. The van der Waals surface area contributed by atoms with Crippen LogP contribution in [0, 0.1) is 9.81 Å². The fraction of sp³-hybridized carbons (Fsp3) is 0.0769. The minimum absolute atomic E-state index is 0.391. The molecule has 1 aromatic heterocycles. The van der Waals surface area contributed by atoms with E-state index in [1.54, 1.807) is 24.3 Å². The summed E-state index contributed by atoms with van der Waals surface area (Å²) in [6.45, 7) is 0. The molecule has 3 rings (SSSR count). The summed E-state index contributed by atoms with van der Waals surface area (Å²) in [5, 5.41) is 7.92. The van der Waals surface area contributed by atoms with Crippen molar-refractivity contribution in [3.63, 3.8) is 0 Å². The van der Waals surface area contributed by atoms with Crippen LogP contribution in [0.4, 0.5) is 11.4 Å². The molecule has 0 saturated heterocycles. The first-order chi connectivity index (χ1) is 8.74. The summed E-state index contributed by atoms with van der Waals surface area (Å²) >= 11 is 0. The van der Waals surface area contributed by atoms with Gasteiger partial charge in [-0.1, -0.05) is 0 Å². The highest BCUT2D eigenvalue weighted by atomic mass is 16.3. The molecule has 0 fully saturated rings. The SMILES string of the molecule is Cn1c2cc(N=O)ccc2c2ccc(N=O)cc21. The molecular weight excluding hydrogens is 230 g/mol. The molecule has 0 amide bonds. The third-order valence-corrected chi connectivity index (χ3v) is 3.19. The van der Waals surface area contributed by atoms with Gasteiger partial charge < -0.3 is 4.57 Å². The van der Waals surface area contributed by atoms with E-state index in [1.807, 2.05) is 23.7 Å². The second-order valence-electron chi connectivity index (χ2n) is 4.14. The van der Waals surface area contributed by atoms with Crippen LogP contribution in [0.15, 0.2) is 46.8 Å². The first kappa shape index (κ1) is 10.6. The average molecular weight is 239 g/mol. The van der Waals surface area contributed by atoms with Crippen LogP contribution in [-0.4, -0.2) is 4.57 Å². The van der Waals surface area contributed by atoms with Gasteiger partial charge >= 0.3 is 0 Å². The summed E-state index contributed by atoms with van der Waals surface area (Å²) in [6.07, 6.45) is 0. The molecule has 0 aliphatic heterocycles. The highest BCUT2D eigenvalue weighted by Gasteiger charge is 2.09. The zero-order chi connectivity index (χ0) is 12.7. The minimum Gasteiger partial charge on any atom is -0.343 e. The summed E-state index contributed by atoms with van der Waals surface area (Å²) in [6, 6.07) is 10.6. The molecule has 5 heteroatoms. The second-order valence-corrected chi connectivity index (χ2v) is 4.14. The van der Waals surface area contributed by atoms with Crippen LogP contribution in [-0.2, 0) is 7.05 Å². The summed E-state index contributed by atoms with van der Waals surface area (Å²) in [4.78, 5) is 21.1. The van der Waals surface area contributed by atoms with Crippen LogP contribution in [0.3, 0.4) is 0 Å². The maximum atomic E-state index is 10.6. The zero-order valence-corrected chi connectivity index (χ0v) is 9.62. The van der Waals surface area contributed by atoms with Gasteiger partial charge in [0, 0.05) is 17.8 Å². The molecule has 3 aromatic rings. The zero-order valence-electron chi connectivity index (χ0n) is 9.62. The van der Waals surface area contributed by atoms with Crippen molar-refractivity contribution in [3.8, 4) is 0 Å². The molecule has 5 nitrogen and oxygen atoms in total. The molecule has 18 heavy (non-hydrogen) atoms. The van der Waals surface area contributed by atoms with Crippen LogP contribution in [0.25, 0.3) is 21.8 Å². The van der Waals surface area contributed by atoms with Gasteiger partial charge in [-0.05, 0) is 46.8 Å². The molecular formula is C13H9N3O2. The minimum atomic E-state index is 0.391. The van der Waals surface area contributed by atoms with Gasteiger partial charge in [-0.25, -0.2) is 0 Å². The predicted octanol–water partition coefficient (Wildman–Crippen LogP) is 4.13. The van der Waals surface area contributed by atoms with E-state index >= 15 is 0 Å². The van der Waals surface area contributed by atoms with E-state index in [1.165, 1.54) is 0 Å². The first-order valence-electron chi connectivity index (χ1n) is 5.43. The summed E-state index contributed by atoms with van der Waals surface area (Å²) in [7, 11) is 1.88. The Balaban J connectivity index is 2.48. The van der Waals surface area contributed by atoms with Gasteiger partial charge in [0.2, 0.25) is 0 Å². The summed E-state index contributed by atoms with van der Waals surface area (Å²) in [5.74, 6) is 0. The largest absolute Gasteiger partial charge is 0.343 e. The molecule has 2 aromatic carbocycles. The van der Waals surface area contributed by atoms with Gasteiger partial charge in [0.05, 0.1) is 11.0 Å². The fourth-order valence-corrected chi connectivity index (χ4v) is 2.29. The van der Waals surface area contributed by atoms with E-state index < -0.39 is 0 Å². The Labute approximate surface area is 102 Å². The quantitative estimate of drug-likeness (QED) is 0.631. The Kier molecular flexibility index (Phi) is 2.19. The summed E-state index contributed by atoms with van der Waals surface area (Å²) < 4.78 is 1.92. The Bertz CT molecular complexity index is 724. The van der Waals surface area contributed by atoms with Crippen molar-refractivity contribution in [2.24, 2.45) is 17.4 Å². The average Bonchev–Trinajstić information content (AvgIpc) is 2.71. The Morgan fingerprint density at radius 1 is 0.833 bits per heavy atom. The van der Waals surface area contributed by atoms with Crippen molar-refractivity contribution in [2.45, 2.75) is 0 Å². The molecule has 88 valence electrons. The van der Waals surface area contributed by atoms with Crippen molar-refractivity contribution < 1.29 is 0 Å². The van der Waals surface area contributed by atoms with Gasteiger partial charge in [0.1, 0.15) is 11.4 Å². The van der Waals surface area contributed by atoms with Crippen molar-refractivity contribution in [1.82, 2.24) is 4.57 Å². The molecule has 0 bridgehead atoms. The van der Waals surface area contributed by atoms with Crippen LogP contribution in [0.1, 0.15) is 0 Å². The number of fused-ring (bicyclic) bond motifs is 3. The van der Waals surface area contributed by atoms with Gasteiger partial charge in [-0.3, -0.25) is 0 Å². The number of nitrogens with zero attached hydrogens (tertiary/aromatic N) is 3. The topological polar surface area (TPSA) is 63.8 Å². The van der Waals surface area contributed by atoms with Gasteiger partial charge in [0.15, 0.2) is 0 Å². The lowest BCUT2D eigenvalue weighted by molar-refractivity contribution is 1.01. The predicted molar refractivity (Wildman–Crippen MR) is 71.3 cm³/mol. The van der Waals surface area contributed by atoms with E-state index in [2.05, 4.69) is 10.4 Å². The van der Waals surface area contributed by atoms with E-state index in [0.29, 0.717) is 11.4 Å². The molecule has 0 radical (unpaired) electrons. The van der Waals surface area contributed by atoms with E-state index in [4.69, 9.17) is 0 Å². The molecule has 0 spiro atoms. The van der Waals surface area contributed by atoms with Crippen molar-refractivity contribution >= 4 is 33.2 Å². The van der Waals surface area contributed by atoms with Crippen LogP contribution < -0.4 is 0 Å². The van der Waals surface area contributed by atoms with Crippen molar-refractivity contribution in [3.05, 3.63) is 46.2 Å². The van der Waals surface area contributed by atoms with Gasteiger partial charge in [0.25, 0.3) is 0 Å². The van der Waals surface area contributed by atoms with Gasteiger partial charge in [-0.15, -0.1) is 9.81 Å². The molecule has 0 aliphatic rings. The van der Waals surface area contributed by atoms with Crippen LogP contribution in [0.5, 0.6) is 0 Å². The van der Waals surface area contributed by atoms with Gasteiger partial charge in [-0.2, -0.15) is 0 Å². The molecule has 0 unspecified atom stereocenters. The monoisotopic (exact) mass is 239 g/mol. The van der Waals surface area contributed by atoms with Crippen LogP contribution >= 0.6 is 0 Å². The number of benzene rings is 2. The number of hydrogen-bond donors (Lipinski definition) is 0. The molecule has 1 heterocycles. The van der Waals surface area contributed by atoms with Crippen molar-refractivity contribution in [2.75, 3.05) is 0 Å². The number of aromatic nitrogens is 1. The third kappa shape index (κ3) is 1.34. The first-order valence-corrected chi connectivity index (χ1v) is 5.43. The highest BCUT2D eigenvalue weighted by Crippen LogP contribution is 2.32. The number of hydrogen-bond acceptors (Lipinski definition) is 4. The Hall–Kier alpha value is -2.56. The standard InChI is InChI=1S/C13H9N3O2/c1-16-12-6-8(14-17)2-4-10(12)11-5-3-9(15-18)7-13(11)16/h2-7H,1H3. The van der Waals surface area contributed by atoms with E-state index in [-0.39, 0.29) is 0 Å². The maximum Gasteiger partial charge on any atom is 0.110 e. The Morgan fingerprint density at radius 2 is 1.28 bits per heavy atom. The highest BCUT2D eigenvalue weighted by molar-refractivity contribution is 6.09. The number of rotatable bonds is 2. The Morgan fingerprint density at radius 3 is 1.67 bits per heavy atom. The van der Waals surface area contributed by atoms with Crippen LogP contribution in [0.2, 0.25) is 0 Å². The maximum absolute atomic E-state index is 10.6. The van der Waals surface area contributed by atoms with E-state index in [9.17, 15) is 9.81 Å². The molecule has 0 N–H and O–H groups in total. The lowest BCUT2D eigenvalue weighted by Crippen LogP contribution is -1.85. The molecule has 0 aliphatic carbocycles.